The molecule has 2 saturated heterocycles. The number of rotatable bonds is 5. The van der Waals surface area contributed by atoms with Gasteiger partial charge in [0.2, 0.25) is 0 Å². The molecule has 0 aliphatic carbocycles. The van der Waals surface area contributed by atoms with E-state index in [9.17, 15) is 4.79 Å². The van der Waals surface area contributed by atoms with Crippen LogP contribution in [0.15, 0.2) is 0 Å². The second kappa shape index (κ2) is 6.76. The Kier molecular flexibility index (Phi) is 5.27. The highest BCUT2D eigenvalue weighted by Crippen LogP contribution is 2.41. The summed E-state index contributed by atoms with van der Waals surface area (Å²) in [6, 6.07) is -0.0380. The third kappa shape index (κ3) is 3.85. The molecule has 0 radical (unpaired) electrons. The van der Waals surface area contributed by atoms with Crippen molar-refractivity contribution in [3.05, 3.63) is 0 Å². The number of likely N-dealkylation sites (tertiary alicyclic amines) is 1. The van der Waals surface area contributed by atoms with Gasteiger partial charge in [-0.25, -0.2) is 4.79 Å². The molecule has 2 aliphatic rings. The molecule has 0 aromatic carbocycles. The SMILES string of the molecule is CCCCN1CCC2(CC1)C[C@H](CNC(=O)N(C)C)O2. The lowest BCUT2D eigenvalue weighted by Gasteiger charge is -2.52. The molecule has 0 bridgehead atoms. The molecule has 2 fully saturated rings. The van der Waals surface area contributed by atoms with Crippen LogP contribution >= 0.6 is 0 Å². The number of hydrogen-bond acceptors (Lipinski definition) is 3. The van der Waals surface area contributed by atoms with Gasteiger partial charge in [0.05, 0.1) is 11.7 Å². The van der Waals surface area contributed by atoms with Gasteiger partial charge in [-0.3, -0.25) is 0 Å². The standard InChI is InChI=1S/C15H29N3O2/c1-4-5-8-18-9-6-15(7-10-18)11-13(20-15)12-16-14(19)17(2)3/h13H,4-12H2,1-3H3,(H,16,19)/t13-/m1/s1. The maximum absolute atomic E-state index is 11.5. The van der Waals surface area contributed by atoms with Crippen LogP contribution in [0.2, 0.25) is 0 Å². The zero-order chi connectivity index (χ0) is 14.6. The summed E-state index contributed by atoms with van der Waals surface area (Å²) in [6.07, 6.45) is 6.17. The van der Waals surface area contributed by atoms with Gasteiger partial charge in [-0.2, -0.15) is 0 Å². The van der Waals surface area contributed by atoms with Crippen LogP contribution in [0.1, 0.15) is 39.0 Å². The zero-order valence-electron chi connectivity index (χ0n) is 13.2. The van der Waals surface area contributed by atoms with Crippen LogP contribution in [0.5, 0.6) is 0 Å². The largest absolute Gasteiger partial charge is 0.370 e. The number of urea groups is 1. The Labute approximate surface area is 122 Å². The molecule has 0 saturated carbocycles. The van der Waals surface area contributed by atoms with E-state index in [0.29, 0.717) is 6.54 Å². The van der Waals surface area contributed by atoms with E-state index >= 15 is 0 Å². The van der Waals surface area contributed by atoms with Crippen LogP contribution in [0.3, 0.4) is 0 Å². The minimum Gasteiger partial charge on any atom is -0.370 e. The van der Waals surface area contributed by atoms with Crippen LogP contribution in [-0.4, -0.2) is 67.8 Å². The Morgan fingerprint density at radius 1 is 1.40 bits per heavy atom. The molecule has 5 nitrogen and oxygen atoms in total. The highest BCUT2D eigenvalue weighted by atomic mass is 16.5. The number of nitrogens with one attached hydrogen (secondary N) is 1. The second-order valence-corrected chi connectivity index (χ2v) is 6.40. The Bertz CT molecular complexity index is 317. The number of ether oxygens (including phenoxy) is 1. The first-order valence-corrected chi connectivity index (χ1v) is 7.90. The molecular weight excluding hydrogens is 254 g/mol. The monoisotopic (exact) mass is 283 g/mol. The topological polar surface area (TPSA) is 44.8 Å². The fraction of sp³-hybridized carbons (Fsp3) is 0.933. The van der Waals surface area contributed by atoms with Crippen LogP contribution in [0, 0.1) is 0 Å². The van der Waals surface area contributed by atoms with Gasteiger partial charge in [-0.15, -0.1) is 0 Å². The average Bonchev–Trinajstić information content (AvgIpc) is 2.41. The molecule has 1 N–H and O–H groups in total. The van der Waals surface area contributed by atoms with Crippen LogP contribution in [0.25, 0.3) is 0 Å². The van der Waals surface area contributed by atoms with Crippen molar-refractivity contribution in [2.24, 2.45) is 0 Å². The minimum atomic E-state index is -0.0380. The van der Waals surface area contributed by atoms with Gasteiger partial charge in [0, 0.05) is 40.2 Å². The molecule has 1 spiro atoms. The highest BCUT2D eigenvalue weighted by Gasteiger charge is 2.46. The van der Waals surface area contributed by atoms with Gasteiger partial charge < -0.3 is 19.9 Å². The summed E-state index contributed by atoms with van der Waals surface area (Å²) < 4.78 is 6.09. The summed E-state index contributed by atoms with van der Waals surface area (Å²) in [5, 5.41) is 2.89. The van der Waals surface area contributed by atoms with Gasteiger partial charge in [-0.05, 0) is 25.8 Å². The lowest BCUT2D eigenvalue weighted by atomic mass is 9.80. The number of carbonyl (C=O) groups is 1. The van der Waals surface area contributed by atoms with E-state index in [-0.39, 0.29) is 17.7 Å². The molecule has 2 heterocycles. The van der Waals surface area contributed by atoms with Gasteiger partial charge in [0.25, 0.3) is 0 Å². The van der Waals surface area contributed by atoms with Gasteiger partial charge in [0.1, 0.15) is 0 Å². The Balaban J connectivity index is 1.62. The normalized spacial score (nSPS) is 25.2. The molecule has 2 rings (SSSR count). The van der Waals surface area contributed by atoms with E-state index in [1.54, 1.807) is 19.0 Å². The summed E-state index contributed by atoms with van der Waals surface area (Å²) in [4.78, 5) is 15.6. The van der Waals surface area contributed by atoms with Gasteiger partial charge in [0.15, 0.2) is 0 Å². The van der Waals surface area contributed by atoms with E-state index in [2.05, 4.69) is 17.1 Å². The van der Waals surface area contributed by atoms with Crippen molar-refractivity contribution >= 4 is 6.03 Å². The fourth-order valence-electron chi connectivity index (χ4n) is 3.12. The van der Waals surface area contributed by atoms with E-state index in [1.807, 2.05) is 0 Å². The van der Waals surface area contributed by atoms with Crippen molar-refractivity contribution < 1.29 is 9.53 Å². The number of piperidine rings is 1. The predicted octanol–water partition coefficient (Wildman–Crippen LogP) is 1.68. The molecule has 2 amide bonds. The molecule has 1 atom stereocenters. The number of unbranched alkanes of at least 4 members (excludes halogenated alkanes) is 1. The second-order valence-electron chi connectivity index (χ2n) is 6.40. The molecule has 5 heteroatoms. The fourth-order valence-corrected chi connectivity index (χ4v) is 3.12. The maximum atomic E-state index is 11.5. The third-order valence-electron chi connectivity index (χ3n) is 4.50. The number of nitrogens with zero attached hydrogens (tertiary/aromatic N) is 2. The van der Waals surface area contributed by atoms with E-state index in [4.69, 9.17) is 4.74 Å². The van der Waals surface area contributed by atoms with Crippen LogP contribution < -0.4 is 5.32 Å². The first-order valence-electron chi connectivity index (χ1n) is 7.90. The van der Waals surface area contributed by atoms with E-state index in [0.717, 1.165) is 32.4 Å². The molecule has 2 aliphatic heterocycles. The highest BCUT2D eigenvalue weighted by molar-refractivity contribution is 5.73. The lowest BCUT2D eigenvalue weighted by molar-refractivity contribution is -0.222. The molecule has 0 unspecified atom stereocenters. The number of amides is 2. The van der Waals surface area contributed by atoms with Crippen LogP contribution in [0.4, 0.5) is 4.79 Å². The van der Waals surface area contributed by atoms with Crippen molar-refractivity contribution in [2.45, 2.75) is 50.7 Å². The third-order valence-corrected chi connectivity index (χ3v) is 4.50. The van der Waals surface area contributed by atoms with Gasteiger partial charge in [-0.1, -0.05) is 13.3 Å². The van der Waals surface area contributed by atoms with Crippen molar-refractivity contribution in [1.29, 1.82) is 0 Å². The Hall–Kier alpha value is -0.810. The zero-order valence-corrected chi connectivity index (χ0v) is 13.2. The number of carbonyl (C=O) groups excluding carboxylic acids is 1. The molecule has 20 heavy (non-hydrogen) atoms. The maximum Gasteiger partial charge on any atom is 0.316 e. The first-order chi connectivity index (χ1) is 9.54. The summed E-state index contributed by atoms with van der Waals surface area (Å²) in [7, 11) is 3.51. The lowest BCUT2D eigenvalue weighted by Crippen LogP contribution is -2.59. The molecular formula is C15H29N3O2. The van der Waals surface area contributed by atoms with Crippen molar-refractivity contribution in [3.63, 3.8) is 0 Å². The predicted molar refractivity (Wildman–Crippen MR) is 79.9 cm³/mol. The van der Waals surface area contributed by atoms with E-state index in [1.165, 1.54) is 19.4 Å². The van der Waals surface area contributed by atoms with Crippen LogP contribution in [-0.2, 0) is 4.74 Å². The van der Waals surface area contributed by atoms with Gasteiger partial charge >= 0.3 is 6.03 Å². The summed E-state index contributed by atoms with van der Waals surface area (Å²) in [5.41, 5.74) is 0.121. The van der Waals surface area contributed by atoms with Crippen molar-refractivity contribution in [3.8, 4) is 0 Å². The molecule has 0 aromatic heterocycles. The summed E-state index contributed by atoms with van der Waals surface area (Å²) in [6.45, 7) is 6.44. The summed E-state index contributed by atoms with van der Waals surface area (Å²) in [5.74, 6) is 0. The smallest absolute Gasteiger partial charge is 0.316 e. The van der Waals surface area contributed by atoms with E-state index < -0.39 is 0 Å². The summed E-state index contributed by atoms with van der Waals surface area (Å²) >= 11 is 0. The quantitative estimate of drug-likeness (QED) is 0.835. The van der Waals surface area contributed by atoms with Crippen molar-refractivity contribution in [1.82, 2.24) is 15.1 Å². The average molecular weight is 283 g/mol. The molecule has 116 valence electrons. The first kappa shape index (κ1) is 15.6. The van der Waals surface area contributed by atoms with Crippen molar-refractivity contribution in [2.75, 3.05) is 40.3 Å². The number of hydrogen-bond donors (Lipinski definition) is 1. The Morgan fingerprint density at radius 2 is 2.05 bits per heavy atom. The molecule has 0 aromatic rings. The minimum absolute atomic E-state index is 0.0380. The Morgan fingerprint density at radius 3 is 2.60 bits per heavy atom.